The van der Waals surface area contributed by atoms with Crippen LogP contribution in [0.15, 0.2) is 51.1 Å². The Morgan fingerprint density at radius 1 is 1.09 bits per heavy atom. The van der Waals surface area contributed by atoms with Gasteiger partial charge in [-0.2, -0.15) is 4.98 Å². The lowest BCUT2D eigenvalue weighted by molar-refractivity contribution is -0.133. The number of aromatic amines is 1. The van der Waals surface area contributed by atoms with Crippen LogP contribution in [0.4, 0.5) is 0 Å². The second-order valence-electron chi connectivity index (χ2n) is 8.03. The number of benzene rings is 1. The Hall–Kier alpha value is -3.37. The first-order valence-corrected chi connectivity index (χ1v) is 11.9. The molecule has 1 amide bonds. The Kier molecular flexibility index (Phi) is 6.27. The van der Waals surface area contributed by atoms with Gasteiger partial charge < -0.3 is 14.4 Å². The van der Waals surface area contributed by atoms with Crippen LogP contribution in [0.1, 0.15) is 24.6 Å². The zero-order valence-corrected chi connectivity index (χ0v) is 18.9. The molecular weight excluding hydrogens is 440 g/mol. The fourth-order valence-electron chi connectivity index (χ4n) is 3.99. The predicted octanol–water partition coefficient (Wildman–Crippen LogP) is 2.70. The maximum Gasteiger partial charge on any atom is 0.258 e. The van der Waals surface area contributed by atoms with Crippen molar-refractivity contribution in [2.45, 2.75) is 25.8 Å². The maximum absolute atomic E-state index is 12.6. The van der Waals surface area contributed by atoms with E-state index in [9.17, 15) is 9.59 Å². The molecule has 1 aromatic carbocycles. The van der Waals surface area contributed by atoms with Gasteiger partial charge in [-0.1, -0.05) is 23.4 Å². The number of carbonyl (C=O) groups excluding carboxylic acids is 1. The van der Waals surface area contributed by atoms with Crippen molar-refractivity contribution in [3.63, 3.8) is 0 Å². The van der Waals surface area contributed by atoms with E-state index in [1.54, 1.807) is 17.4 Å². The minimum absolute atomic E-state index is 0.135. The monoisotopic (exact) mass is 464 g/mol. The Morgan fingerprint density at radius 2 is 1.94 bits per heavy atom. The van der Waals surface area contributed by atoms with Gasteiger partial charge >= 0.3 is 0 Å². The van der Waals surface area contributed by atoms with E-state index in [1.165, 1.54) is 0 Å². The van der Waals surface area contributed by atoms with Crippen LogP contribution in [0.2, 0.25) is 0 Å². The van der Waals surface area contributed by atoms with E-state index in [0.717, 1.165) is 18.0 Å². The number of H-pyrrole nitrogens is 1. The lowest BCUT2D eigenvalue weighted by Gasteiger charge is -2.34. The molecule has 0 aliphatic carbocycles. The number of hydrogen-bond donors (Lipinski definition) is 1. The smallest absolute Gasteiger partial charge is 0.258 e. The first-order valence-electron chi connectivity index (χ1n) is 11.0. The van der Waals surface area contributed by atoms with E-state index in [1.807, 2.05) is 40.6 Å². The molecular formula is C23H24N6O3S. The van der Waals surface area contributed by atoms with E-state index in [4.69, 9.17) is 4.52 Å². The van der Waals surface area contributed by atoms with Crippen molar-refractivity contribution in [1.29, 1.82) is 0 Å². The number of hydrogen-bond acceptors (Lipinski definition) is 8. The zero-order valence-electron chi connectivity index (χ0n) is 18.1. The largest absolute Gasteiger partial charge is 0.340 e. The van der Waals surface area contributed by atoms with E-state index in [0.29, 0.717) is 67.3 Å². The highest BCUT2D eigenvalue weighted by molar-refractivity contribution is 7.13. The first-order chi connectivity index (χ1) is 16.2. The minimum atomic E-state index is -0.137. The van der Waals surface area contributed by atoms with Crippen LogP contribution in [0.5, 0.6) is 0 Å². The molecule has 1 aliphatic rings. The van der Waals surface area contributed by atoms with Crippen molar-refractivity contribution in [1.82, 2.24) is 29.9 Å². The quantitative estimate of drug-likeness (QED) is 0.448. The van der Waals surface area contributed by atoms with E-state index < -0.39 is 0 Å². The molecule has 33 heavy (non-hydrogen) atoms. The molecule has 4 heterocycles. The van der Waals surface area contributed by atoms with Gasteiger partial charge in [-0.05, 0) is 30.0 Å². The molecule has 1 saturated heterocycles. The third-order valence-electron chi connectivity index (χ3n) is 5.76. The van der Waals surface area contributed by atoms with Crippen LogP contribution < -0.4 is 5.56 Å². The number of nitrogens with one attached hydrogen (secondary N) is 1. The first kappa shape index (κ1) is 21.5. The lowest BCUT2D eigenvalue weighted by atomic mass is 10.2. The summed E-state index contributed by atoms with van der Waals surface area (Å²) in [5.41, 5.74) is 0.546. The van der Waals surface area contributed by atoms with Gasteiger partial charge in [0.1, 0.15) is 5.82 Å². The zero-order chi connectivity index (χ0) is 22.6. The van der Waals surface area contributed by atoms with Gasteiger partial charge in [-0.15, -0.1) is 11.3 Å². The Labute approximate surface area is 194 Å². The van der Waals surface area contributed by atoms with Crippen molar-refractivity contribution >= 4 is 28.1 Å². The lowest BCUT2D eigenvalue weighted by Crippen LogP contribution is -2.48. The van der Waals surface area contributed by atoms with Crippen LogP contribution in [-0.2, 0) is 17.8 Å². The number of amides is 1. The third kappa shape index (κ3) is 5.01. The number of aromatic nitrogens is 4. The fourth-order valence-corrected chi connectivity index (χ4v) is 4.64. The van der Waals surface area contributed by atoms with Crippen LogP contribution in [0.25, 0.3) is 21.6 Å². The van der Waals surface area contributed by atoms with E-state index >= 15 is 0 Å². The number of carbonyl (C=O) groups is 1. The normalized spacial score (nSPS) is 14.7. The van der Waals surface area contributed by atoms with Gasteiger partial charge in [0.2, 0.25) is 17.6 Å². The van der Waals surface area contributed by atoms with Crippen molar-refractivity contribution in [3.8, 4) is 10.7 Å². The summed E-state index contributed by atoms with van der Waals surface area (Å²) in [6.45, 7) is 3.47. The SMILES string of the molecule is O=C(CCCc1nc2ccccc2c(=O)[nH]1)N1CCN(Cc2nc(-c3cccs3)no2)CC1. The molecule has 170 valence electrons. The van der Waals surface area contributed by atoms with Crippen molar-refractivity contribution in [3.05, 3.63) is 63.8 Å². The van der Waals surface area contributed by atoms with E-state index in [2.05, 4.69) is 25.0 Å². The minimum Gasteiger partial charge on any atom is -0.340 e. The summed E-state index contributed by atoms with van der Waals surface area (Å²) in [5.74, 6) is 1.97. The highest BCUT2D eigenvalue weighted by Gasteiger charge is 2.22. The number of fused-ring (bicyclic) bond motifs is 1. The average molecular weight is 465 g/mol. The molecule has 4 aromatic rings. The molecule has 0 bridgehead atoms. The summed E-state index contributed by atoms with van der Waals surface area (Å²) >= 11 is 1.58. The summed E-state index contributed by atoms with van der Waals surface area (Å²) in [6.07, 6.45) is 1.65. The second-order valence-corrected chi connectivity index (χ2v) is 8.98. The molecule has 0 radical (unpaired) electrons. The Morgan fingerprint density at radius 3 is 2.76 bits per heavy atom. The second kappa shape index (κ2) is 9.63. The van der Waals surface area contributed by atoms with Gasteiger partial charge in [-0.25, -0.2) is 4.98 Å². The van der Waals surface area contributed by atoms with Gasteiger partial charge in [0.25, 0.3) is 5.56 Å². The van der Waals surface area contributed by atoms with Crippen LogP contribution in [-0.4, -0.2) is 62.0 Å². The van der Waals surface area contributed by atoms with Crippen molar-refractivity contribution in [2.75, 3.05) is 26.2 Å². The van der Waals surface area contributed by atoms with E-state index in [-0.39, 0.29) is 11.5 Å². The number of thiophene rings is 1. The summed E-state index contributed by atoms with van der Waals surface area (Å²) in [5, 5.41) is 6.62. The molecule has 9 nitrogen and oxygen atoms in total. The molecule has 0 unspecified atom stereocenters. The van der Waals surface area contributed by atoms with Gasteiger partial charge in [0.05, 0.1) is 22.3 Å². The topological polar surface area (TPSA) is 108 Å². The Balaban J connectivity index is 1.08. The van der Waals surface area contributed by atoms with Gasteiger partial charge in [0.15, 0.2) is 0 Å². The average Bonchev–Trinajstić information content (AvgIpc) is 3.52. The predicted molar refractivity (Wildman–Crippen MR) is 125 cm³/mol. The van der Waals surface area contributed by atoms with Crippen LogP contribution >= 0.6 is 11.3 Å². The molecule has 0 spiro atoms. The number of rotatable bonds is 7. The summed E-state index contributed by atoms with van der Waals surface area (Å²) in [6, 6.07) is 11.2. The molecule has 5 rings (SSSR count). The number of aryl methyl sites for hydroxylation is 1. The highest BCUT2D eigenvalue weighted by Crippen LogP contribution is 2.21. The molecule has 1 fully saturated rings. The molecule has 0 saturated carbocycles. The molecule has 1 N–H and O–H groups in total. The van der Waals surface area contributed by atoms with Gasteiger partial charge in [0, 0.05) is 39.0 Å². The highest BCUT2D eigenvalue weighted by atomic mass is 32.1. The van der Waals surface area contributed by atoms with Gasteiger partial charge in [-0.3, -0.25) is 14.5 Å². The number of piperazine rings is 1. The van der Waals surface area contributed by atoms with Crippen LogP contribution in [0.3, 0.4) is 0 Å². The molecule has 10 heteroatoms. The fraction of sp³-hybridized carbons (Fsp3) is 0.348. The molecule has 3 aromatic heterocycles. The van der Waals surface area contributed by atoms with Crippen LogP contribution in [0, 0.1) is 0 Å². The van der Waals surface area contributed by atoms with Crippen molar-refractivity contribution < 1.29 is 9.32 Å². The molecule has 0 atom stereocenters. The standard InChI is InChI=1S/C23H24N6O3S/c30-21(9-3-8-19-24-17-6-2-1-5-16(17)23(31)25-19)29-12-10-28(11-13-29)15-20-26-22(27-32-20)18-7-4-14-33-18/h1-2,4-7,14H,3,8-13,15H2,(H,24,25,31). The molecule has 1 aliphatic heterocycles. The maximum atomic E-state index is 12.6. The summed E-state index contributed by atoms with van der Waals surface area (Å²) < 4.78 is 5.39. The number of para-hydroxylation sites is 1. The summed E-state index contributed by atoms with van der Waals surface area (Å²) in [4.78, 5) is 41.7. The van der Waals surface area contributed by atoms with Crippen molar-refractivity contribution in [2.24, 2.45) is 0 Å². The summed E-state index contributed by atoms with van der Waals surface area (Å²) in [7, 11) is 0. The third-order valence-corrected chi connectivity index (χ3v) is 6.63. The number of nitrogens with zero attached hydrogens (tertiary/aromatic N) is 5. The Bertz CT molecular complexity index is 1290.